The molecule has 0 unspecified atom stereocenters. The van der Waals surface area contributed by atoms with Crippen LogP contribution in [0.2, 0.25) is 0 Å². The summed E-state index contributed by atoms with van der Waals surface area (Å²) in [6.07, 6.45) is 0. The van der Waals surface area contributed by atoms with Crippen molar-refractivity contribution in [3.8, 4) is 0 Å². The minimum absolute atomic E-state index is 0.115. The van der Waals surface area contributed by atoms with Crippen molar-refractivity contribution in [3.05, 3.63) is 52.1 Å². The highest BCUT2D eigenvalue weighted by Crippen LogP contribution is 2.23. The third-order valence-electron chi connectivity index (χ3n) is 2.45. The number of halogens is 4. The van der Waals surface area contributed by atoms with Gasteiger partial charge in [-0.1, -0.05) is 27.7 Å². The highest BCUT2D eigenvalue weighted by atomic mass is 79.9. The van der Waals surface area contributed by atoms with Gasteiger partial charge in [-0.05, 0) is 30.3 Å². The molecule has 7 heteroatoms. The van der Waals surface area contributed by atoms with E-state index in [1.165, 1.54) is 6.07 Å². The molecule has 1 aromatic carbocycles. The van der Waals surface area contributed by atoms with Gasteiger partial charge in [0.2, 0.25) is 0 Å². The quantitative estimate of drug-likeness (QED) is 0.756. The lowest BCUT2D eigenvalue weighted by molar-refractivity contribution is 0.251. The van der Waals surface area contributed by atoms with Gasteiger partial charge in [-0.15, -0.1) is 0 Å². The fourth-order valence-corrected chi connectivity index (χ4v) is 2.33. The minimum Gasteiger partial charge on any atom is -0.463 e. The van der Waals surface area contributed by atoms with Crippen molar-refractivity contribution in [2.45, 2.75) is 18.1 Å². The number of anilines is 1. The number of rotatable bonds is 6. The summed E-state index contributed by atoms with van der Waals surface area (Å²) in [5.74, 6) is -1.64. The van der Waals surface area contributed by atoms with E-state index in [0.29, 0.717) is 33.4 Å². The molecule has 0 bridgehead atoms. The standard InChI is InChI=1S/C13H11BrF3NOS/c14-8-1-4-12(11(15)5-8)18-6-9-2-3-10(19-9)7-20-13(16)17/h1-5,13,18H,6-7H2. The molecule has 0 saturated carbocycles. The lowest BCUT2D eigenvalue weighted by atomic mass is 10.3. The average molecular weight is 366 g/mol. The Morgan fingerprint density at radius 2 is 1.95 bits per heavy atom. The molecule has 1 N–H and O–H groups in total. The zero-order chi connectivity index (χ0) is 14.5. The Hall–Kier alpha value is -1.08. The number of furan rings is 1. The smallest absolute Gasteiger partial charge is 0.284 e. The summed E-state index contributed by atoms with van der Waals surface area (Å²) in [7, 11) is 0. The number of hydrogen-bond donors (Lipinski definition) is 1. The topological polar surface area (TPSA) is 25.2 Å². The maximum Gasteiger partial charge on any atom is 0.284 e. The van der Waals surface area contributed by atoms with Gasteiger partial charge in [-0.25, -0.2) is 4.39 Å². The summed E-state index contributed by atoms with van der Waals surface area (Å²) in [6, 6.07) is 8.01. The van der Waals surface area contributed by atoms with Crippen LogP contribution < -0.4 is 5.32 Å². The molecule has 0 spiro atoms. The molecule has 2 nitrogen and oxygen atoms in total. The fraction of sp³-hybridized carbons (Fsp3) is 0.231. The average Bonchev–Trinajstić information content (AvgIpc) is 2.83. The van der Waals surface area contributed by atoms with Gasteiger partial charge in [0, 0.05) is 4.47 Å². The van der Waals surface area contributed by atoms with E-state index in [1.807, 2.05) is 0 Å². The first kappa shape index (κ1) is 15.3. The summed E-state index contributed by atoms with van der Waals surface area (Å²) in [6.45, 7) is 0.290. The number of benzene rings is 1. The van der Waals surface area contributed by atoms with Crippen LogP contribution in [0.4, 0.5) is 18.9 Å². The molecule has 108 valence electrons. The maximum atomic E-state index is 13.6. The van der Waals surface area contributed by atoms with Gasteiger partial charge >= 0.3 is 0 Å². The van der Waals surface area contributed by atoms with Crippen LogP contribution in [-0.2, 0) is 12.3 Å². The van der Waals surface area contributed by atoms with Crippen LogP contribution >= 0.6 is 27.7 Å². The number of thioether (sulfide) groups is 1. The molecule has 20 heavy (non-hydrogen) atoms. The van der Waals surface area contributed by atoms with E-state index >= 15 is 0 Å². The molecule has 0 atom stereocenters. The largest absolute Gasteiger partial charge is 0.463 e. The molecule has 1 heterocycles. The van der Waals surface area contributed by atoms with E-state index in [2.05, 4.69) is 21.2 Å². The molecule has 0 aliphatic carbocycles. The van der Waals surface area contributed by atoms with Gasteiger partial charge in [-0.3, -0.25) is 0 Å². The van der Waals surface area contributed by atoms with Crippen molar-refractivity contribution in [3.63, 3.8) is 0 Å². The first-order valence-electron chi connectivity index (χ1n) is 5.71. The highest BCUT2D eigenvalue weighted by molar-refractivity contribution is 9.10. The lowest BCUT2D eigenvalue weighted by Crippen LogP contribution is -2.00. The molecular formula is C13H11BrF3NOS. The van der Waals surface area contributed by atoms with E-state index in [4.69, 9.17) is 4.42 Å². The zero-order valence-corrected chi connectivity index (χ0v) is 12.6. The van der Waals surface area contributed by atoms with Crippen molar-refractivity contribution in [1.82, 2.24) is 0 Å². The summed E-state index contributed by atoms with van der Waals surface area (Å²) < 4.78 is 43.7. The van der Waals surface area contributed by atoms with Crippen molar-refractivity contribution < 1.29 is 17.6 Å². The second kappa shape index (κ2) is 7.08. The zero-order valence-electron chi connectivity index (χ0n) is 10.2. The molecule has 0 amide bonds. The fourth-order valence-electron chi connectivity index (χ4n) is 1.56. The molecule has 0 fully saturated rings. The van der Waals surface area contributed by atoms with Crippen LogP contribution in [0.15, 0.2) is 39.2 Å². The highest BCUT2D eigenvalue weighted by Gasteiger charge is 2.08. The minimum atomic E-state index is -2.42. The van der Waals surface area contributed by atoms with Crippen LogP contribution in [-0.4, -0.2) is 5.76 Å². The van der Waals surface area contributed by atoms with E-state index < -0.39 is 5.76 Å². The predicted molar refractivity (Wildman–Crippen MR) is 77.4 cm³/mol. The number of hydrogen-bond acceptors (Lipinski definition) is 3. The maximum absolute atomic E-state index is 13.6. The molecule has 1 aromatic heterocycles. The van der Waals surface area contributed by atoms with Crippen LogP contribution in [0.25, 0.3) is 0 Å². The van der Waals surface area contributed by atoms with Gasteiger partial charge in [-0.2, -0.15) is 8.78 Å². The first-order chi connectivity index (χ1) is 9.54. The molecule has 0 saturated heterocycles. The van der Waals surface area contributed by atoms with Crippen LogP contribution in [0, 0.1) is 5.82 Å². The van der Waals surface area contributed by atoms with Gasteiger partial charge in [0.15, 0.2) is 0 Å². The Morgan fingerprint density at radius 3 is 2.65 bits per heavy atom. The molecular weight excluding hydrogens is 355 g/mol. The Kier molecular flexibility index (Phi) is 5.42. The van der Waals surface area contributed by atoms with Crippen LogP contribution in [0.5, 0.6) is 0 Å². The van der Waals surface area contributed by atoms with Crippen LogP contribution in [0.1, 0.15) is 11.5 Å². The Labute approximate surface area is 126 Å². The summed E-state index contributed by atoms with van der Waals surface area (Å²) in [5.41, 5.74) is 0.355. The van der Waals surface area contributed by atoms with E-state index in [0.717, 1.165) is 0 Å². The third kappa shape index (κ3) is 4.49. The van der Waals surface area contributed by atoms with Gasteiger partial charge in [0.05, 0.1) is 18.0 Å². The summed E-state index contributed by atoms with van der Waals surface area (Å²) in [4.78, 5) is 0. The second-order valence-electron chi connectivity index (χ2n) is 3.92. The van der Waals surface area contributed by atoms with Crippen molar-refractivity contribution in [1.29, 1.82) is 0 Å². The molecule has 0 aliphatic heterocycles. The number of alkyl halides is 2. The predicted octanol–water partition coefficient (Wildman–Crippen LogP) is 5.25. The monoisotopic (exact) mass is 365 g/mol. The summed E-state index contributed by atoms with van der Waals surface area (Å²) >= 11 is 3.68. The Morgan fingerprint density at radius 1 is 1.20 bits per heavy atom. The SMILES string of the molecule is Fc1cc(Br)ccc1NCc1ccc(CSC(F)F)o1. The second-order valence-corrected chi connectivity index (χ2v) is 5.81. The van der Waals surface area contributed by atoms with Gasteiger partial charge < -0.3 is 9.73 Å². The number of nitrogens with one attached hydrogen (secondary N) is 1. The Balaban J connectivity index is 1.90. The van der Waals surface area contributed by atoms with E-state index in [-0.39, 0.29) is 18.1 Å². The molecule has 0 radical (unpaired) electrons. The lowest BCUT2D eigenvalue weighted by Gasteiger charge is -2.06. The molecule has 2 aromatic rings. The third-order valence-corrected chi connectivity index (χ3v) is 3.65. The normalized spacial score (nSPS) is 11.1. The van der Waals surface area contributed by atoms with Crippen molar-refractivity contribution >= 4 is 33.4 Å². The van der Waals surface area contributed by atoms with Gasteiger partial charge in [0.1, 0.15) is 17.3 Å². The van der Waals surface area contributed by atoms with Gasteiger partial charge in [0.25, 0.3) is 5.76 Å². The first-order valence-corrected chi connectivity index (χ1v) is 7.55. The summed E-state index contributed by atoms with van der Waals surface area (Å²) in [5, 5.41) is 2.89. The van der Waals surface area contributed by atoms with E-state index in [1.54, 1.807) is 24.3 Å². The molecule has 0 aliphatic rings. The van der Waals surface area contributed by atoms with Crippen LogP contribution in [0.3, 0.4) is 0 Å². The van der Waals surface area contributed by atoms with E-state index in [9.17, 15) is 13.2 Å². The Bertz CT molecular complexity index is 576. The van der Waals surface area contributed by atoms with Crippen molar-refractivity contribution in [2.75, 3.05) is 5.32 Å². The van der Waals surface area contributed by atoms with Crippen molar-refractivity contribution in [2.24, 2.45) is 0 Å². The molecule has 2 rings (SSSR count).